The van der Waals surface area contributed by atoms with Crippen LogP contribution in [0.3, 0.4) is 0 Å². The van der Waals surface area contributed by atoms with Gasteiger partial charge in [0, 0.05) is 32.3 Å². The summed E-state index contributed by atoms with van der Waals surface area (Å²) in [5, 5.41) is 211. The number of aliphatic hydroxyl groups excluding tert-OH is 24. The second-order valence-electron chi connectivity index (χ2n) is 15.8. The third-order valence-corrected chi connectivity index (χ3v) is 9.10. The van der Waals surface area contributed by atoms with Crippen molar-refractivity contribution in [2.45, 2.75) is 194 Å². The zero-order chi connectivity index (χ0) is 57.5. The fraction of sp³-hybridized carbons (Fsp3) is 0.857. The first-order chi connectivity index (χ1) is 33.5. The summed E-state index contributed by atoms with van der Waals surface area (Å²) in [4.78, 5) is 59.5. The highest BCUT2D eigenvalue weighted by atomic mass is 16.4. The lowest BCUT2D eigenvalue weighted by atomic mass is 10.0. The maximum absolute atomic E-state index is 9.94. The number of carbonyl (C=O) groups is 6. The lowest BCUT2D eigenvalue weighted by Crippen LogP contribution is -2.37. The lowest BCUT2D eigenvalue weighted by Gasteiger charge is -2.20. The van der Waals surface area contributed by atoms with Crippen LogP contribution in [0.1, 0.15) is 77.6 Å². The first-order valence-corrected chi connectivity index (χ1v) is 22.2. The second kappa shape index (κ2) is 52.9. The highest BCUT2D eigenvalue weighted by molar-refractivity contribution is 5.57. The molecule has 19 unspecified atom stereocenters. The standard InChI is InChI=1S/6C7H14O5/c8-3-6(11)1-5(10)2-7(12)4-9;1-4(9)7(12)6(11)2-5(10)3-8;8-2-1-6(11)7(12)3-5(10)4-9;3*8-3-5(10)1-2-6(11)7(12)4-9/h3,5-7,9-12H,1-2,4H2;3-7,9-12H,2H2,1H3;2*4-8,10-12H,1-3H2;2*3,5-7,9-12H,1-2,4H2. The van der Waals surface area contributed by atoms with Gasteiger partial charge in [-0.1, -0.05) is 0 Å². The number of aldehydes is 6. The largest absolute Gasteiger partial charge is 0.396 e. The molecular formula is C42H84O30. The molecule has 0 aliphatic carbocycles. The maximum atomic E-state index is 9.94. The van der Waals surface area contributed by atoms with E-state index in [1.807, 2.05) is 0 Å². The van der Waals surface area contributed by atoms with Crippen LogP contribution in [0.15, 0.2) is 0 Å². The molecule has 19 atom stereocenters. The molecule has 72 heavy (non-hydrogen) atoms. The Kier molecular flexibility index (Phi) is 59.1. The molecule has 0 amide bonds. The third-order valence-electron chi connectivity index (χ3n) is 9.10. The Morgan fingerprint density at radius 2 is 0.639 bits per heavy atom. The predicted octanol–water partition coefficient (Wildman–Crippen LogP) is -11.8. The quantitative estimate of drug-likeness (QED) is 0.0262. The molecule has 0 radical (unpaired) electrons. The van der Waals surface area contributed by atoms with Gasteiger partial charge in [-0.2, -0.15) is 0 Å². The monoisotopic (exact) mass is 1070 g/mol. The molecular weight excluding hydrogens is 984 g/mol. The van der Waals surface area contributed by atoms with E-state index in [0.717, 1.165) is 0 Å². The average molecular weight is 1070 g/mol. The topological polar surface area (TPSA) is 588 Å². The van der Waals surface area contributed by atoms with Crippen LogP contribution in [-0.2, 0) is 28.8 Å². The van der Waals surface area contributed by atoms with Crippen LogP contribution in [0.4, 0.5) is 0 Å². The van der Waals surface area contributed by atoms with Crippen molar-refractivity contribution in [2.75, 3.05) is 33.0 Å². The normalized spacial score (nSPS) is 18.8. The summed E-state index contributed by atoms with van der Waals surface area (Å²) in [6.07, 6.45) is -20.2. The van der Waals surface area contributed by atoms with Crippen LogP contribution in [0.25, 0.3) is 0 Å². The number of carbonyl (C=O) groups excluding carboxylic acids is 6. The molecule has 0 aromatic heterocycles. The number of rotatable bonds is 35. The number of hydrogen-bond acceptors (Lipinski definition) is 30. The van der Waals surface area contributed by atoms with Crippen LogP contribution in [-0.4, -0.2) is 309 Å². The molecule has 0 aromatic rings. The van der Waals surface area contributed by atoms with Gasteiger partial charge < -0.3 is 151 Å². The second-order valence-corrected chi connectivity index (χ2v) is 15.8. The molecule has 0 bridgehead atoms. The van der Waals surface area contributed by atoms with Crippen LogP contribution in [0.2, 0.25) is 0 Å². The van der Waals surface area contributed by atoms with E-state index in [9.17, 15) is 28.8 Å². The molecule has 0 rings (SSSR count). The van der Waals surface area contributed by atoms with Gasteiger partial charge in [0.05, 0.1) is 87.5 Å². The van der Waals surface area contributed by atoms with E-state index in [2.05, 4.69) is 0 Å². The minimum atomic E-state index is -1.41. The van der Waals surface area contributed by atoms with Crippen molar-refractivity contribution in [3.63, 3.8) is 0 Å². The molecule has 30 nitrogen and oxygen atoms in total. The molecule has 30 heteroatoms. The molecule has 0 aliphatic rings. The Morgan fingerprint density at radius 1 is 0.292 bits per heavy atom. The van der Waals surface area contributed by atoms with Gasteiger partial charge in [0.2, 0.25) is 0 Å². The summed E-state index contributed by atoms with van der Waals surface area (Å²) < 4.78 is 0. The predicted molar refractivity (Wildman–Crippen MR) is 242 cm³/mol. The zero-order valence-electron chi connectivity index (χ0n) is 39.9. The Balaban J connectivity index is -0.000000181. The SMILES string of the molecule is CC(O)C(O)C(O)CC(O)C=O.O=CC(O)C(O)CCC(O)CO.O=CC(O)CC(O)C(O)CCO.O=CC(O)CC(O)CC(O)CO.O=CC(O)CCC(O)C(O)CO.O=CC(O)CCC(O)C(O)CO. The smallest absolute Gasteiger partial charge is 0.151 e. The van der Waals surface area contributed by atoms with Gasteiger partial charge in [-0.15, -0.1) is 0 Å². The van der Waals surface area contributed by atoms with Crippen LogP contribution in [0, 0.1) is 0 Å². The molecule has 0 saturated heterocycles. The van der Waals surface area contributed by atoms with Gasteiger partial charge in [-0.3, -0.25) is 0 Å². The Labute approximate surface area is 415 Å². The minimum Gasteiger partial charge on any atom is -0.396 e. The van der Waals surface area contributed by atoms with E-state index < -0.39 is 136 Å². The van der Waals surface area contributed by atoms with Crippen molar-refractivity contribution < 1.29 is 151 Å². The fourth-order valence-electron chi connectivity index (χ4n) is 4.53. The maximum Gasteiger partial charge on any atom is 0.151 e. The Hall–Kier alpha value is -2.94. The Morgan fingerprint density at radius 3 is 0.958 bits per heavy atom. The molecule has 0 heterocycles. The van der Waals surface area contributed by atoms with Crippen molar-refractivity contribution in [1.29, 1.82) is 0 Å². The highest BCUT2D eigenvalue weighted by Crippen LogP contribution is 2.09. The molecule has 0 spiro atoms. The van der Waals surface area contributed by atoms with E-state index in [1.54, 1.807) is 0 Å². The van der Waals surface area contributed by atoms with E-state index in [4.69, 9.17) is 123 Å². The fourth-order valence-corrected chi connectivity index (χ4v) is 4.53. The van der Waals surface area contributed by atoms with Gasteiger partial charge in [0.25, 0.3) is 0 Å². The van der Waals surface area contributed by atoms with Crippen LogP contribution >= 0.6 is 0 Å². The minimum absolute atomic E-state index is 0.0345. The van der Waals surface area contributed by atoms with Crippen molar-refractivity contribution in [1.82, 2.24) is 0 Å². The average Bonchev–Trinajstić information content (AvgIpc) is 3.37. The third kappa shape index (κ3) is 51.9. The molecule has 0 aliphatic heterocycles. The zero-order valence-corrected chi connectivity index (χ0v) is 39.9. The first kappa shape index (κ1) is 80.4. The van der Waals surface area contributed by atoms with Crippen molar-refractivity contribution in [3.8, 4) is 0 Å². The van der Waals surface area contributed by atoms with E-state index in [-0.39, 0.29) is 103 Å². The van der Waals surface area contributed by atoms with Gasteiger partial charge >= 0.3 is 0 Å². The van der Waals surface area contributed by atoms with E-state index >= 15 is 0 Å². The van der Waals surface area contributed by atoms with E-state index in [0.29, 0.717) is 18.9 Å². The lowest BCUT2D eigenvalue weighted by molar-refractivity contribution is -0.120. The van der Waals surface area contributed by atoms with Crippen molar-refractivity contribution in [2.24, 2.45) is 0 Å². The number of aliphatic hydroxyl groups is 24. The Bertz CT molecular complexity index is 1210. The molecule has 0 fully saturated rings. The van der Waals surface area contributed by atoms with Gasteiger partial charge in [-0.25, -0.2) is 0 Å². The summed E-state index contributed by atoms with van der Waals surface area (Å²) in [6, 6.07) is 0. The highest BCUT2D eigenvalue weighted by Gasteiger charge is 2.24. The first-order valence-electron chi connectivity index (χ1n) is 22.2. The van der Waals surface area contributed by atoms with Gasteiger partial charge in [-0.05, 0) is 51.9 Å². The van der Waals surface area contributed by atoms with Crippen molar-refractivity contribution in [3.05, 3.63) is 0 Å². The molecule has 432 valence electrons. The van der Waals surface area contributed by atoms with Crippen LogP contribution < -0.4 is 0 Å². The molecule has 0 saturated carbocycles. The van der Waals surface area contributed by atoms with Crippen molar-refractivity contribution >= 4 is 37.7 Å². The summed E-state index contributed by atoms with van der Waals surface area (Å²) in [5.41, 5.74) is 0. The summed E-state index contributed by atoms with van der Waals surface area (Å²) >= 11 is 0. The molecule has 24 N–H and O–H groups in total. The summed E-state index contributed by atoms with van der Waals surface area (Å²) in [6.45, 7) is -0.814. The van der Waals surface area contributed by atoms with Gasteiger partial charge in [0.15, 0.2) is 6.29 Å². The van der Waals surface area contributed by atoms with Gasteiger partial charge in [0.1, 0.15) is 86.4 Å². The summed E-state index contributed by atoms with van der Waals surface area (Å²) in [5.74, 6) is 0. The number of hydrogen-bond donors (Lipinski definition) is 24. The van der Waals surface area contributed by atoms with E-state index in [1.165, 1.54) is 6.92 Å². The van der Waals surface area contributed by atoms with Crippen LogP contribution in [0.5, 0.6) is 0 Å². The molecule has 0 aromatic carbocycles. The summed E-state index contributed by atoms with van der Waals surface area (Å²) in [7, 11) is 0.